The first kappa shape index (κ1) is 18.0. The van der Waals surface area contributed by atoms with Crippen LogP contribution in [0.5, 0.6) is 0 Å². The number of halogens is 1. The molecule has 2 aromatic carbocycles. The maximum atomic E-state index is 12.0. The Morgan fingerprint density at radius 2 is 1.79 bits per heavy atom. The molecule has 0 aliphatic rings. The molecule has 2 rings (SSSR count). The summed E-state index contributed by atoms with van der Waals surface area (Å²) in [4.78, 5) is 23.9. The number of esters is 1. The van der Waals surface area contributed by atoms with E-state index in [9.17, 15) is 9.59 Å². The Morgan fingerprint density at radius 3 is 2.46 bits per heavy atom. The zero-order chi connectivity index (χ0) is 17.5. The van der Waals surface area contributed by atoms with E-state index >= 15 is 0 Å². The Kier molecular flexibility index (Phi) is 6.38. The molecule has 0 saturated heterocycles. The van der Waals surface area contributed by atoms with E-state index < -0.39 is 12.1 Å². The van der Waals surface area contributed by atoms with Crippen molar-refractivity contribution in [3.8, 4) is 0 Å². The second-order valence-corrected chi connectivity index (χ2v) is 6.01. The second kappa shape index (κ2) is 8.50. The van der Waals surface area contributed by atoms with E-state index in [1.165, 1.54) is 0 Å². The maximum Gasteiger partial charge on any atom is 0.311 e. The average molecular weight is 346 g/mol. The molecule has 1 atom stereocenters. The largest absolute Gasteiger partial charge is 0.452 e. The van der Waals surface area contributed by atoms with Crippen molar-refractivity contribution in [2.45, 2.75) is 32.9 Å². The Balaban J connectivity index is 1.81. The molecule has 126 valence electrons. The monoisotopic (exact) mass is 345 g/mol. The van der Waals surface area contributed by atoms with Gasteiger partial charge in [-0.1, -0.05) is 59.6 Å². The van der Waals surface area contributed by atoms with Gasteiger partial charge in [0.05, 0.1) is 6.42 Å². The smallest absolute Gasteiger partial charge is 0.311 e. The number of hydrogen-bond donors (Lipinski definition) is 1. The third-order valence-corrected chi connectivity index (χ3v) is 3.93. The van der Waals surface area contributed by atoms with Crippen molar-refractivity contribution in [2.75, 3.05) is 0 Å². The average Bonchev–Trinajstić information content (AvgIpc) is 2.56. The quantitative estimate of drug-likeness (QED) is 0.816. The van der Waals surface area contributed by atoms with Crippen LogP contribution in [0.15, 0.2) is 48.5 Å². The Bertz CT molecular complexity index is 713. The lowest BCUT2D eigenvalue weighted by Crippen LogP contribution is -2.35. The van der Waals surface area contributed by atoms with Crippen LogP contribution in [0.25, 0.3) is 0 Å². The Morgan fingerprint density at radius 1 is 1.12 bits per heavy atom. The number of rotatable bonds is 6. The van der Waals surface area contributed by atoms with Gasteiger partial charge in [-0.15, -0.1) is 0 Å². The lowest BCUT2D eigenvalue weighted by molar-refractivity contribution is -0.154. The molecule has 0 radical (unpaired) electrons. The molecule has 0 fully saturated rings. The summed E-state index contributed by atoms with van der Waals surface area (Å²) in [5.74, 6) is -0.786. The minimum absolute atomic E-state index is 0.141. The van der Waals surface area contributed by atoms with E-state index in [-0.39, 0.29) is 12.3 Å². The molecule has 1 amide bonds. The fourth-order valence-corrected chi connectivity index (χ4v) is 2.34. The van der Waals surface area contributed by atoms with Crippen LogP contribution in [0.2, 0.25) is 5.02 Å². The van der Waals surface area contributed by atoms with Crippen LogP contribution >= 0.6 is 11.6 Å². The SMILES string of the molecule is Cc1ccc(CC(=O)O[C@@H](C)C(=O)NCc2ccccc2Cl)cc1. The van der Waals surface area contributed by atoms with E-state index in [2.05, 4.69) is 5.32 Å². The van der Waals surface area contributed by atoms with E-state index in [0.717, 1.165) is 16.7 Å². The van der Waals surface area contributed by atoms with Gasteiger partial charge in [0, 0.05) is 11.6 Å². The van der Waals surface area contributed by atoms with Crippen molar-refractivity contribution >= 4 is 23.5 Å². The maximum absolute atomic E-state index is 12.0. The Hall–Kier alpha value is -2.33. The molecule has 1 N–H and O–H groups in total. The lowest BCUT2D eigenvalue weighted by Gasteiger charge is -2.14. The third-order valence-electron chi connectivity index (χ3n) is 3.56. The van der Waals surface area contributed by atoms with Crippen molar-refractivity contribution < 1.29 is 14.3 Å². The van der Waals surface area contributed by atoms with Crippen molar-refractivity contribution in [1.82, 2.24) is 5.32 Å². The molecule has 0 saturated carbocycles. The number of carbonyl (C=O) groups is 2. The summed E-state index contributed by atoms with van der Waals surface area (Å²) in [5.41, 5.74) is 2.79. The van der Waals surface area contributed by atoms with Crippen LogP contribution in [-0.2, 0) is 27.3 Å². The van der Waals surface area contributed by atoms with E-state index in [0.29, 0.717) is 11.6 Å². The molecule has 0 spiro atoms. The minimum atomic E-state index is -0.856. The van der Waals surface area contributed by atoms with Crippen molar-refractivity contribution in [2.24, 2.45) is 0 Å². The molecule has 0 unspecified atom stereocenters. The van der Waals surface area contributed by atoms with Crippen molar-refractivity contribution in [3.63, 3.8) is 0 Å². The molecular weight excluding hydrogens is 326 g/mol. The molecule has 2 aromatic rings. The molecular formula is C19H20ClNO3. The molecule has 5 heteroatoms. The van der Waals surface area contributed by atoms with Gasteiger partial charge in [0.15, 0.2) is 6.10 Å². The topological polar surface area (TPSA) is 55.4 Å². The minimum Gasteiger partial charge on any atom is -0.452 e. The summed E-state index contributed by atoms with van der Waals surface area (Å²) in [7, 11) is 0. The summed E-state index contributed by atoms with van der Waals surface area (Å²) in [6.45, 7) is 3.82. The van der Waals surface area contributed by atoms with Crippen LogP contribution in [-0.4, -0.2) is 18.0 Å². The van der Waals surface area contributed by atoms with Gasteiger partial charge in [-0.05, 0) is 31.0 Å². The lowest BCUT2D eigenvalue weighted by atomic mass is 10.1. The van der Waals surface area contributed by atoms with E-state index in [1.54, 1.807) is 13.0 Å². The fraction of sp³-hybridized carbons (Fsp3) is 0.263. The number of nitrogens with one attached hydrogen (secondary N) is 1. The van der Waals surface area contributed by atoms with Crippen molar-refractivity contribution in [3.05, 3.63) is 70.2 Å². The van der Waals surface area contributed by atoms with Gasteiger partial charge in [-0.25, -0.2) is 0 Å². The molecule has 0 bridgehead atoms. The molecule has 24 heavy (non-hydrogen) atoms. The first-order chi connectivity index (χ1) is 11.5. The molecule has 0 aliphatic carbocycles. The summed E-state index contributed by atoms with van der Waals surface area (Å²) >= 11 is 6.04. The number of aryl methyl sites for hydroxylation is 1. The molecule has 4 nitrogen and oxygen atoms in total. The Labute approximate surface area is 146 Å². The number of hydrogen-bond acceptors (Lipinski definition) is 3. The van der Waals surface area contributed by atoms with Crippen LogP contribution in [0, 0.1) is 6.92 Å². The van der Waals surface area contributed by atoms with E-state index in [1.807, 2.05) is 49.4 Å². The standard InChI is InChI=1S/C19H20ClNO3/c1-13-7-9-15(10-8-13)11-18(22)24-14(2)19(23)21-12-16-5-3-4-6-17(16)20/h3-10,14H,11-12H2,1-2H3,(H,21,23)/t14-/m0/s1. The van der Waals surface area contributed by atoms with Gasteiger partial charge in [-0.3, -0.25) is 9.59 Å². The van der Waals surface area contributed by atoms with Crippen LogP contribution in [0.1, 0.15) is 23.6 Å². The zero-order valence-corrected chi connectivity index (χ0v) is 14.5. The van der Waals surface area contributed by atoms with Crippen LogP contribution < -0.4 is 5.32 Å². The highest BCUT2D eigenvalue weighted by molar-refractivity contribution is 6.31. The normalized spacial score (nSPS) is 11.6. The van der Waals surface area contributed by atoms with Gasteiger partial charge >= 0.3 is 5.97 Å². The fourth-order valence-electron chi connectivity index (χ4n) is 2.13. The van der Waals surface area contributed by atoms with Gasteiger partial charge in [-0.2, -0.15) is 0 Å². The third kappa shape index (κ3) is 5.39. The predicted octanol–water partition coefficient (Wildman–Crippen LogP) is 3.44. The number of amides is 1. The van der Waals surface area contributed by atoms with Crippen LogP contribution in [0.4, 0.5) is 0 Å². The van der Waals surface area contributed by atoms with E-state index in [4.69, 9.17) is 16.3 Å². The summed E-state index contributed by atoms with van der Waals surface area (Å²) < 4.78 is 5.18. The first-order valence-electron chi connectivity index (χ1n) is 7.72. The van der Waals surface area contributed by atoms with Crippen molar-refractivity contribution in [1.29, 1.82) is 0 Å². The number of carbonyl (C=O) groups excluding carboxylic acids is 2. The molecule has 0 heterocycles. The molecule has 0 aromatic heterocycles. The van der Waals surface area contributed by atoms with Crippen LogP contribution in [0.3, 0.4) is 0 Å². The second-order valence-electron chi connectivity index (χ2n) is 5.60. The van der Waals surface area contributed by atoms with Gasteiger partial charge in [0.25, 0.3) is 5.91 Å². The van der Waals surface area contributed by atoms with Gasteiger partial charge in [0.2, 0.25) is 0 Å². The van der Waals surface area contributed by atoms with Gasteiger partial charge < -0.3 is 10.1 Å². The highest BCUT2D eigenvalue weighted by Crippen LogP contribution is 2.14. The molecule has 0 aliphatic heterocycles. The number of benzene rings is 2. The first-order valence-corrected chi connectivity index (χ1v) is 8.09. The summed E-state index contributed by atoms with van der Waals surface area (Å²) in [6, 6.07) is 14.9. The highest BCUT2D eigenvalue weighted by atomic mass is 35.5. The number of ether oxygens (including phenoxy) is 1. The predicted molar refractivity (Wildman–Crippen MR) is 93.7 cm³/mol. The summed E-state index contributed by atoms with van der Waals surface area (Å²) in [6.07, 6.45) is -0.715. The summed E-state index contributed by atoms with van der Waals surface area (Å²) in [5, 5.41) is 3.30. The highest BCUT2D eigenvalue weighted by Gasteiger charge is 2.18. The van der Waals surface area contributed by atoms with Gasteiger partial charge in [0.1, 0.15) is 0 Å². The zero-order valence-electron chi connectivity index (χ0n) is 13.7.